The zero-order chi connectivity index (χ0) is 12.5. The number of carbonyl (C=O) groups is 2. The van der Waals surface area contributed by atoms with Crippen LogP contribution in [-0.2, 0) is 14.3 Å². The topological polar surface area (TPSA) is 66.4 Å². The van der Waals surface area contributed by atoms with E-state index in [1.54, 1.807) is 6.08 Å². The monoisotopic (exact) mass is 233 g/mol. The summed E-state index contributed by atoms with van der Waals surface area (Å²) in [5.74, 6) is -1.78. The summed E-state index contributed by atoms with van der Waals surface area (Å²) in [5, 5.41) is 10.1. The van der Waals surface area contributed by atoms with Gasteiger partial charge in [0.2, 0.25) is 0 Å². The van der Waals surface area contributed by atoms with Crippen molar-refractivity contribution in [2.24, 2.45) is 0 Å². The molecule has 0 N–H and O–H groups in total. The van der Waals surface area contributed by atoms with Gasteiger partial charge in [0, 0.05) is 5.97 Å². The van der Waals surface area contributed by atoms with Crippen LogP contribution in [0.1, 0.15) is 18.4 Å². The minimum absolute atomic E-state index is 0.140. The molecule has 90 valence electrons. The van der Waals surface area contributed by atoms with E-state index in [1.807, 2.05) is 36.4 Å². The van der Waals surface area contributed by atoms with Crippen LogP contribution in [0.2, 0.25) is 0 Å². The molecule has 0 aliphatic heterocycles. The maximum Gasteiger partial charge on any atom is 0.306 e. The summed E-state index contributed by atoms with van der Waals surface area (Å²) in [6, 6.07) is 9.58. The molecule has 0 aliphatic rings. The molecule has 4 nitrogen and oxygen atoms in total. The van der Waals surface area contributed by atoms with Gasteiger partial charge in [-0.3, -0.25) is 4.79 Å². The van der Waals surface area contributed by atoms with Crippen LogP contribution >= 0.6 is 0 Å². The molecule has 0 amide bonds. The van der Waals surface area contributed by atoms with E-state index in [4.69, 9.17) is 4.74 Å². The second-order valence-electron chi connectivity index (χ2n) is 3.37. The maximum absolute atomic E-state index is 11.0. The zero-order valence-corrected chi connectivity index (χ0v) is 9.30. The molecule has 0 atom stereocenters. The number of hydrogen-bond donors (Lipinski definition) is 0. The first-order chi connectivity index (χ1) is 8.18. The minimum atomic E-state index is -1.25. The lowest BCUT2D eigenvalue weighted by Crippen LogP contribution is -2.23. The predicted octanol–water partition coefficient (Wildman–Crippen LogP) is 0.773. The lowest BCUT2D eigenvalue weighted by Gasteiger charge is -2.02. The first-order valence-corrected chi connectivity index (χ1v) is 5.25. The van der Waals surface area contributed by atoms with E-state index in [0.717, 1.165) is 5.56 Å². The normalized spacial score (nSPS) is 10.4. The molecule has 0 radical (unpaired) electrons. The summed E-state index contributed by atoms with van der Waals surface area (Å²) < 4.78 is 4.80. The molecule has 4 heteroatoms. The maximum atomic E-state index is 11.0. The molecule has 0 unspecified atom stereocenters. The Kier molecular flexibility index (Phi) is 5.51. The molecule has 17 heavy (non-hydrogen) atoms. The number of ether oxygens (including phenoxy) is 1. The molecule has 1 aromatic rings. The van der Waals surface area contributed by atoms with Gasteiger partial charge in [-0.05, 0) is 18.1 Å². The first kappa shape index (κ1) is 13.0. The van der Waals surface area contributed by atoms with Gasteiger partial charge >= 0.3 is 5.97 Å². The summed E-state index contributed by atoms with van der Waals surface area (Å²) in [6.45, 7) is 0.140. The van der Waals surface area contributed by atoms with Gasteiger partial charge < -0.3 is 14.6 Å². The lowest BCUT2D eigenvalue weighted by atomic mass is 10.2. The van der Waals surface area contributed by atoms with Crippen molar-refractivity contribution in [3.8, 4) is 0 Å². The number of carboxylic acids is 1. The van der Waals surface area contributed by atoms with E-state index in [-0.39, 0.29) is 19.4 Å². The van der Waals surface area contributed by atoms with E-state index in [1.165, 1.54) is 0 Å². The predicted molar refractivity (Wildman–Crippen MR) is 60.7 cm³/mol. The Morgan fingerprint density at radius 1 is 1.18 bits per heavy atom. The first-order valence-electron chi connectivity index (χ1n) is 5.25. The summed E-state index contributed by atoms with van der Waals surface area (Å²) in [5.41, 5.74) is 1.01. The van der Waals surface area contributed by atoms with Gasteiger partial charge in [-0.25, -0.2) is 0 Å². The number of carboxylic acid groups (broad SMARTS) is 1. The number of benzene rings is 1. The van der Waals surface area contributed by atoms with Crippen LogP contribution in [0.5, 0.6) is 0 Å². The fraction of sp³-hybridized carbons (Fsp3) is 0.231. The minimum Gasteiger partial charge on any atom is -0.550 e. The highest BCUT2D eigenvalue weighted by Crippen LogP contribution is 2.01. The summed E-state index contributed by atoms with van der Waals surface area (Å²) in [6.07, 6.45) is 3.07. The van der Waals surface area contributed by atoms with Gasteiger partial charge in [0.25, 0.3) is 0 Å². The molecule has 1 rings (SSSR count). The van der Waals surface area contributed by atoms with E-state index in [0.29, 0.717) is 0 Å². The molecule has 0 fully saturated rings. The van der Waals surface area contributed by atoms with Crippen molar-refractivity contribution < 1.29 is 19.4 Å². The van der Waals surface area contributed by atoms with E-state index in [2.05, 4.69) is 0 Å². The Bertz CT molecular complexity index is 395. The fourth-order valence-electron chi connectivity index (χ4n) is 1.17. The van der Waals surface area contributed by atoms with Crippen molar-refractivity contribution in [2.75, 3.05) is 6.61 Å². The van der Waals surface area contributed by atoms with Crippen molar-refractivity contribution in [3.63, 3.8) is 0 Å². The van der Waals surface area contributed by atoms with Gasteiger partial charge in [-0.2, -0.15) is 0 Å². The second-order valence-corrected chi connectivity index (χ2v) is 3.37. The molecule has 1 aromatic carbocycles. The summed E-state index contributed by atoms with van der Waals surface area (Å²) >= 11 is 0. The molecule has 0 aromatic heterocycles. The van der Waals surface area contributed by atoms with Crippen LogP contribution in [0.4, 0.5) is 0 Å². The third kappa shape index (κ3) is 6.14. The summed E-state index contributed by atoms with van der Waals surface area (Å²) in [7, 11) is 0. The number of esters is 1. The van der Waals surface area contributed by atoms with E-state index in [9.17, 15) is 14.7 Å². The van der Waals surface area contributed by atoms with E-state index >= 15 is 0 Å². The SMILES string of the molecule is O=C([O-])CCC(=O)OC/C=C/c1ccccc1. The number of rotatable bonds is 6. The summed E-state index contributed by atoms with van der Waals surface area (Å²) in [4.78, 5) is 21.1. The highest BCUT2D eigenvalue weighted by atomic mass is 16.5. The van der Waals surface area contributed by atoms with Gasteiger partial charge in [-0.1, -0.05) is 36.4 Å². The second kappa shape index (κ2) is 7.22. The van der Waals surface area contributed by atoms with Crippen LogP contribution in [0.15, 0.2) is 36.4 Å². The van der Waals surface area contributed by atoms with Crippen molar-refractivity contribution in [1.82, 2.24) is 0 Å². The molecular weight excluding hydrogens is 220 g/mol. The fourth-order valence-corrected chi connectivity index (χ4v) is 1.17. The van der Waals surface area contributed by atoms with E-state index < -0.39 is 11.9 Å². The highest BCUT2D eigenvalue weighted by Gasteiger charge is 2.00. The average molecular weight is 233 g/mol. The zero-order valence-electron chi connectivity index (χ0n) is 9.30. The molecule has 0 saturated carbocycles. The van der Waals surface area contributed by atoms with Crippen molar-refractivity contribution in [1.29, 1.82) is 0 Å². The van der Waals surface area contributed by atoms with Crippen LogP contribution in [0, 0.1) is 0 Å². The number of aliphatic carboxylic acids is 1. The van der Waals surface area contributed by atoms with Crippen LogP contribution in [0.3, 0.4) is 0 Å². The van der Waals surface area contributed by atoms with Crippen LogP contribution in [0.25, 0.3) is 6.08 Å². The molecular formula is C13H13O4-. The van der Waals surface area contributed by atoms with Crippen LogP contribution < -0.4 is 5.11 Å². The lowest BCUT2D eigenvalue weighted by molar-refractivity contribution is -0.305. The average Bonchev–Trinajstić information content (AvgIpc) is 2.33. The Hall–Kier alpha value is -2.10. The Morgan fingerprint density at radius 2 is 1.88 bits per heavy atom. The third-order valence-corrected chi connectivity index (χ3v) is 1.98. The van der Waals surface area contributed by atoms with Crippen LogP contribution in [-0.4, -0.2) is 18.5 Å². The van der Waals surface area contributed by atoms with Gasteiger partial charge in [0.1, 0.15) is 6.61 Å². The van der Waals surface area contributed by atoms with Crippen molar-refractivity contribution in [3.05, 3.63) is 42.0 Å². The largest absolute Gasteiger partial charge is 0.550 e. The molecule has 0 saturated heterocycles. The quantitative estimate of drug-likeness (QED) is 0.681. The van der Waals surface area contributed by atoms with Crippen molar-refractivity contribution >= 4 is 18.0 Å². The Labute approximate surface area is 99.5 Å². The Morgan fingerprint density at radius 3 is 2.53 bits per heavy atom. The molecule has 0 aliphatic carbocycles. The third-order valence-electron chi connectivity index (χ3n) is 1.98. The highest BCUT2D eigenvalue weighted by molar-refractivity contribution is 5.75. The molecule has 0 spiro atoms. The molecule has 0 bridgehead atoms. The number of carbonyl (C=O) groups excluding carboxylic acids is 2. The Balaban J connectivity index is 2.21. The van der Waals surface area contributed by atoms with Gasteiger partial charge in [0.15, 0.2) is 0 Å². The molecule has 0 heterocycles. The standard InChI is InChI=1S/C13H14O4/c14-12(15)8-9-13(16)17-10-4-7-11-5-2-1-3-6-11/h1-7H,8-10H2,(H,14,15)/p-1/b7-4+. The van der Waals surface area contributed by atoms with Crippen molar-refractivity contribution in [2.45, 2.75) is 12.8 Å². The number of hydrogen-bond acceptors (Lipinski definition) is 4. The van der Waals surface area contributed by atoms with Gasteiger partial charge in [0.05, 0.1) is 6.42 Å². The van der Waals surface area contributed by atoms with Gasteiger partial charge in [-0.15, -0.1) is 0 Å². The smallest absolute Gasteiger partial charge is 0.306 e.